The zero-order valence-corrected chi connectivity index (χ0v) is 25.2. The number of aryl methyl sites for hydroxylation is 1. The molecule has 1 aliphatic carbocycles. The monoisotopic (exact) mass is 568 g/mol. The Morgan fingerprint density at radius 1 is 1.10 bits per heavy atom. The lowest BCUT2D eigenvalue weighted by Crippen LogP contribution is -2.53. The molecule has 220 valence electrons. The van der Waals surface area contributed by atoms with E-state index in [-0.39, 0.29) is 11.3 Å². The highest BCUT2D eigenvalue weighted by molar-refractivity contribution is 6.03. The van der Waals surface area contributed by atoms with Gasteiger partial charge in [0.05, 0.1) is 23.1 Å². The first-order valence-electron chi connectivity index (χ1n) is 14.8. The number of likely N-dealkylation sites (N-methyl/N-ethyl adjacent to an activating group) is 1. The molecule has 6 rings (SSSR count). The summed E-state index contributed by atoms with van der Waals surface area (Å²) in [5.74, 6) is 1.48. The minimum Gasteiger partial charge on any atom is -0.359 e. The fourth-order valence-corrected chi connectivity index (χ4v) is 5.81. The minimum atomic E-state index is -0.323. The molecule has 10 nitrogen and oxygen atoms in total. The smallest absolute Gasteiger partial charge is 0.258 e. The van der Waals surface area contributed by atoms with Crippen molar-refractivity contribution in [3.63, 3.8) is 0 Å². The van der Waals surface area contributed by atoms with Crippen LogP contribution in [0.4, 0.5) is 5.82 Å². The van der Waals surface area contributed by atoms with E-state index in [1.54, 1.807) is 23.0 Å². The third-order valence-electron chi connectivity index (χ3n) is 8.57. The molecule has 0 atom stereocenters. The third kappa shape index (κ3) is 6.15. The number of aromatic nitrogens is 5. The van der Waals surface area contributed by atoms with Crippen LogP contribution in [0.3, 0.4) is 0 Å². The summed E-state index contributed by atoms with van der Waals surface area (Å²) < 4.78 is 7.07. The molecule has 0 radical (unpaired) electrons. The number of carbonyl (C=O) groups excluding carboxylic acids is 1. The SMILES string of the molecule is Cc1ncc(C(=O)Nc2cc(C(C)(C)C)on2)cc1-n1cc(-c2cccc(CC3CC(N4CCN(C)CC4)C3)c2)nn1. The molecule has 1 saturated carbocycles. The summed E-state index contributed by atoms with van der Waals surface area (Å²) in [4.78, 5) is 22.5. The first-order chi connectivity index (χ1) is 20.1. The van der Waals surface area contributed by atoms with Gasteiger partial charge in [-0.15, -0.1) is 5.10 Å². The average molecular weight is 569 g/mol. The highest BCUT2D eigenvalue weighted by atomic mass is 16.5. The number of anilines is 1. The van der Waals surface area contributed by atoms with Crippen molar-refractivity contribution in [3.8, 4) is 16.9 Å². The van der Waals surface area contributed by atoms with Gasteiger partial charge in [0.1, 0.15) is 11.5 Å². The van der Waals surface area contributed by atoms with Crippen LogP contribution >= 0.6 is 0 Å². The molecule has 42 heavy (non-hydrogen) atoms. The first kappa shape index (κ1) is 28.2. The molecule has 3 aromatic heterocycles. The van der Waals surface area contributed by atoms with E-state index in [4.69, 9.17) is 4.52 Å². The zero-order chi connectivity index (χ0) is 29.4. The molecule has 0 unspecified atom stereocenters. The Kier molecular flexibility index (Phi) is 7.67. The molecule has 2 aliphatic rings. The number of rotatable bonds is 7. The van der Waals surface area contributed by atoms with Crippen LogP contribution in [-0.4, -0.2) is 80.1 Å². The fourth-order valence-electron chi connectivity index (χ4n) is 5.81. The number of hydrogen-bond acceptors (Lipinski definition) is 8. The number of hydrogen-bond donors (Lipinski definition) is 1. The van der Waals surface area contributed by atoms with Crippen molar-refractivity contribution in [2.24, 2.45) is 5.92 Å². The van der Waals surface area contributed by atoms with Crippen LogP contribution < -0.4 is 5.32 Å². The maximum atomic E-state index is 13.0. The molecule has 1 saturated heterocycles. The van der Waals surface area contributed by atoms with Crippen molar-refractivity contribution in [3.05, 3.63) is 71.4 Å². The van der Waals surface area contributed by atoms with E-state index < -0.39 is 0 Å². The Hall–Kier alpha value is -3.89. The number of benzene rings is 1. The van der Waals surface area contributed by atoms with E-state index in [9.17, 15) is 4.79 Å². The number of amides is 1. The predicted octanol–water partition coefficient (Wildman–Crippen LogP) is 4.74. The summed E-state index contributed by atoms with van der Waals surface area (Å²) in [7, 11) is 2.21. The standard InChI is InChI=1S/C32H40N8O2/c1-21-28(17-25(19-33-21)31(41)34-30-18-29(42-36-30)32(2,3)4)40-20-27(35-37-40)24-8-6-7-22(14-24)13-23-15-26(16-23)39-11-9-38(5)10-12-39/h6-8,14,17-20,23,26H,9-13,15-16H2,1-5H3,(H,34,36,41). The van der Waals surface area contributed by atoms with Gasteiger partial charge >= 0.3 is 0 Å². The van der Waals surface area contributed by atoms with Crippen molar-refractivity contribution in [2.75, 3.05) is 38.5 Å². The van der Waals surface area contributed by atoms with Crippen molar-refractivity contribution in [1.82, 2.24) is 34.9 Å². The van der Waals surface area contributed by atoms with Gasteiger partial charge in [0.15, 0.2) is 5.82 Å². The highest BCUT2D eigenvalue weighted by Crippen LogP contribution is 2.35. The number of piperazine rings is 1. The predicted molar refractivity (Wildman–Crippen MR) is 162 cm³/mol. The van der Waals surface area contributed by atoms with Gasteiger partial charge in [0.25, 0.3) is 5.91 Å². The van der Waals surface area contributed by atoms with Gasteiger partial charge in [0, 0.05) is 55.5 Å². The fraction of sp³-hybridized carbons (Fsp3) is 0.469. The lowest BCUT2D eigenvalue weighted by molar-refractivity contribution is 0.0403. The van der Waals surface area contributed by atoms with Crippen molar-refractivity contribution >= 4 is 11.7 Å². The molecular formula is C32H40N8O2. The third-order valence-corrected chi connectivity index (χ3v) is 8.57. The van der Waals surface area contributed by atoms with Crippen molar-refractivity contribution in [1.29, 1.82) is 0 Å². The van der Waals surface area contributed by atoms with Crippen LogP contribution in [0.15, 0.2) is 53.3 Å². The maximum Gasteiger partial charge on any atom is 0.258 e. The Bertz CT molecular complexity index is 1550. The molecule has 10 heteroatoms. The van der Waals surface area contributed by atoms with Crippen LogP contribution in [0.5, 0.6) is 0 Å². The van der Waals surface area contributed by atoms with Gasteiger partial charge in [-0.05, 0) is 56.8 Å². The van der Waals surface area contributed by atoms with Gasteiger partial charge in [0.2, 0.25) is 0 Å². The van der Waals surface area contributed by atoms with Gasteiger partial charge in [-0.1, -0.05) is 49.3 Å². The van der Waals surface area contributed by atoms with E-state index in [0.717, 1.165) is 35.3 Å². The Morgan fingerprint density at radius 2 is 1.88 bits per heavy atom. The van der Waals surface area contributed by atoms with E-state index in [2.05, 4.69) is 66.9 Å². The van der Waals surface area contributed by atoms with Crippen molar-refractivity contribution < 1.29 is 9.32 Å². The molecule has 2 fully saturated rings. The summed E-state index contributed by atoms with van der Waals surface area (Å²) >= 11 is 0. The zero-order valence-electron chi connectivity index (χ0n) is 25.2. The molecular weight excluding hydrogens is 528 g/mol. The summed E-state index contributed by atoms with van der Waals surface area (Å²) in [6, 6.07) is 12.9. The van der Waals surface area contributed by atoms with E-state index >= 15 is 0 Å². The summed E-state index contributed by atoms with van der Waals surface area (Å²) in [6.45, 7) is 12.7. The Morgan fingerprint density at radius 3 is 2.62 bits per heavy atom. The maximum absolute atomic E-state index is 13.0. The van der Waals surface area contributed by atoms with Gasteiger partial charge < -0.3 is 14.7 Å². The van der Waals surface area contributed by atoms with Crippen molar-refractivity contribution in [2.45, 2.75) is 58.4 Å². The number of nitrogens with zero attached hydrogens (tertiary/aromatic N) is 7. The van der Waals surface area contributed by atoms with Crippen LogP contribution in [0.2, 0.25) is 0 Å². The molecule has 4 aromatic rings. The average Bonchev–Trinajstić information content (AvgIpc) is 3.62. The van der Waals surface area contributed by atoms with E-state index in [1.165, 1.54) is 44.6 Å². The normalized spacial score (nSPS) is 19.9. The lowest BCUT2D eigenvalue weighted by atomic mass is 9.75. The number of carbonyl (C=O) groups is 1. The second-order valence-corrected chi connectivity index (χ2v) is 12.9. The second-order valence-electron chi connectivity index (χ2n) is 12.9. The topological polar surface area (TPSA) is 105 Å². The van der Waals surface area contributed by atoms with Crippen LogP contribution in [0, 0.1) is 12.8 Å². The number of pyridine rings is 1. The Balaban J connectivity index is 1.11. The van der Waals surface area contributed by atoms with Gasteiger partial charge in [-0.3, -0.25) is 14.7 Å². The Labute approximate surface area is 247 Å². The molecule has 1 aliphatic heterocycles. The first-order valence-corrected chi connectivity index (χ1v) is 14.8. The minimum absolute atomic E-state index is 0.205. The molecule has 1 aromatic carbocycles. The summed E-state index contributed by atoms with van der Waals surface area (Å²) in [5.41, 5.74) is 4.78. The van der Waals surface area contributed by atoms with E-state index in [1.807, 2.05) is 33.9 Å². The second kappa shape index (κ2) is 11.4. The quantitative estimate of drug-likeness (QED) is 0.341. The molecule has 0 bridgehead atoms. The van der Waals surface area contributed by atoms with Gasteiger partial charge in [-0.2, -0.15) is 0 Å². The highest BCUT2D eigenvalue weighted by Gasteiger charge is 2.34. The van der Waals surface area contributed by atoms with E-state index in [0.29, 0.717) is 22.8 Å². The molecule has 0 spiro atoms. The molecule has 1 N–H and O–H groups in total. The lowest BCUT2D eigenvalue weighted by Gasteiger charge is -2.46. The molecule has 1 amide bonds. The van der Waals surface area contributed by atoms with Crippen LogP contribution in [-0.2, 0) is 11.8 Å². The largest absolute Gasteiger partial charge is 0.359 e. The van der Waals surface area contributed by atoms with Gasteiger partial charge in [-0.25, -0.2) is 4.68 Å². The number of nitrogens with one attached hydrogen (secondary N) is 1. The summed E-state index contributed by atoms with van der Waals surface area (Å²) in [6.07, 6.45) is 7.11. The summed E-state index contributed by atoms with van der Waals surface area (Å²) in [5, 5.41) is 15.6. The molecule has 4 heterocycles. The van der Waals surface area contributed by atoms with Crippen LogP contribution in [0.1, 0.15) is 61.0 Å². The van der Waals surface area contributed by atoms with Crippen LogP contribution in [0.25, 0.3) is 16.9 Å².